The van der Waals surface area contributed by atoms with Gasteiger partial charge in [-0.05, 0) is 43.2 Å². The first-order valence-corrected chi connectivity index (χ1v) is 10.8. The molecule has 2 aromatic rings. The van der Waals surface area contributed by atoms with Crippen LogP contribution in [0, 0.1) is 0 Å². The molecule has 146 valence electrons. The van der Waals surface area contributed by atoms with Crippen LogP contribution in [-0.2, 0) is 21.2 Å². The highest BCUT2D eigenvalue weighted by Crippen LogP contribution is 2.21. The van der Waals surface area contributed by atoms with E-state index in [-0.39, 0.29) is 18.9 Å². The molecule has 2 rings (SSSR count). The molecule has 0 aliphatic carbocycles. The Labute approximate surface area is 161 Å². The topological polar surface area (TPSA) is 75.7 Å². The van der Waals surface area contributed by atoms with Crippen LogP contribution in [-0.4, -0.2) is 40.3 Å². The molecule has 0 atom stereocenters. The lowest BCUT2D eigenvalue weighted by Gasteiger charge is -2.22. The third-order valence-corrected chi connectivity index (χ3v) is 5.15. The fourth-order valence-corrected chi connectivity index (χ4v) is 3.57. The molecule has 1 N–H and O–H groups in total. The Morgan fingerprint density at radius 1 is 1.07 bits per heavy atom. The minimum Gasteiger partial charge on any atom is -0.494 e. The predicted octanol–water partition coefficient (Wildman–Crippen LogP) is 2.60. The molecule has 0 aliphatic heterocycles. The van der Waals surface area contributed by atoms with Gasteiger partial charge in [0.1, 0.15) is 5.75 Å². The number of ether oxygens (including phenoxy) is 1. The van der Waals surface area contributed by atoms with E-state index in [2.05, 4.69) is 5.32 Å². The number of nitrogens with one attached hydrogen (secondary N) is 1. The van der Waals surface area contributed by atoms with Crippen LogP contribution in [0.5, 0.6) is 5.75 Å². The molecule has 7 heteroatoms. The number of anilines is 1. The molecular formula is C20H26N2O4S. The molecule has 1 amide bonds. The van der Waals surface area contributed by atoms with Crippen molar-refractivity contribution in [1.29, 1.82) is 0 Å². The van der Waals surface area contributed by atoms with Crippen molar-refractivity contribution in [3.63, 3.8) is 0 Å². The van der Waals surface area contributed by atoms with Crippen LogP contribution in [0.3, 0.4) is 0 Å². The Hall–Kier alpha value is -2.54. The van der Waals surface area contributed by atoms with Crippen LogP contribution >= 0.6 is 0 Å². The Morgan fingerprint density at radius 2 is 1.74 bits per heavy atom. The van der Waals surface area contributed by atoms with Crippen molar-refractivity contribution in [2.24, 2.45) is 0 Å². The van der Waals surface area contributed by atoms with E-state index in [1.54, 1.807) is 24.3 Å². The molecule has 0 heterocycles. The van der Waals surface area contributed by atoms with E-state index >= 15 is 0 Å². The smallest absolute Gasteiger partial charge is 0.232 e. The second-order valence-electron chi connectivity index (χ2n) is 6.10. The average Bonchev–Trinajstić information content (AvgIpc) is 2.63. The maximum Gasteiger partial charge on any atom is 0.232 e. The van der Waals surface area contributed by atoms with Gasteiger partial charge in [-0.15, -0.1) is 0 Å². The Balaban J connectivity index is 1.89. The minimum absolute atomic E-state index is 0.0873. The summed E-state index contributed by atoms with van der Waals surface area (Å²) in [6.07, 6.45) is 1.97. The van der Waals surface area contributed by atoms with Gasteiger partial charge in [0, 0.05) is 19.5 Å². The van der Waals surface area contributed by atoms with Gasteiger partial charge in [0.2, 0.25) is 15.9 Å². The fourth-order valence-electron chi connectivity index (χ4n) is 2.64. The quantitative estimate of drug-likeness (QED) is 0.677. The Kier molecular flexibility index (Phi) is 7.67. The van der Waals surface area contributed by atoms with E-state index in [4.69, 9.17) is 4.74 Å². The first kappa shape index (κ1) is 20.8. The van der Waals surface area contributed by atoms with Crippen LogP contribution < -0.4 is 14.4 Å². The van der Waals surface area contributed by atoms with Crippen molar-refractivity contribution in [2.45, 2.75) is 19.8 Å². The van der Waals surface area contributed by atoms with Crippen LogP contribution in [0.4, 0.5) is 5.69 Å². The van der Waals surface area contributed by atoms with Gasteiger partial charge < -0.3 is 10.1 Å². The highest BCUT2D eigenvalue weighted by Gasteiger charge is 2.18. The molecular weight excluding hydrogens is 364 g/mol. The molecule has 0 radical (unpaired) electrons. The number of hydrogen-bond acceptors (Lipinski definition) is 4. The summed E-state index contributed by atoms with van der Waals surface area (Å²) in [4.78, 5) is 12.1. The van der Waals surface area contributed by atoms with Crippen molar-refractivity contribution >= 4 is 21.6 Å². The van der Waals surface area contributed by atoms with Gasteiger partial charge in [0.25, 0.3) is 0 Å². The maximum absolute atomic E-state index is 12.1. The number of sulfonamides is 1. The largest absolute Gasteiger partial charge is 0.494 e. The van der Waals surface area contributed by atoms with Crippen LogP contribution in [0.2, 0.25) is 0 Å². The lowest BCUT2D eigenvalue weighted by Crippen LogP contribution is -2.35. The van der Waals surface area contributed by atoms with Gasteiger partial charge >= 0.3 is 0 Å². The van der Waals surface area contributed by atoms with Crippen molar-refractivity contribution < 1.29 is 17.9 Å². The monoisotopic (exact) mass is 390 g/mol. The second-order valence-corrected chi connectivity index (χ2v) is 8.00. The highest BCUT2D eigenvalue weighted by molar-refractivity contribution is 7.92. The molecule has 0 bridgehead atoms. The zero-order chi connectivity index (χ0) is 19.7. The van der Waals surface area contributed by atoms with Gasteiger partial charge in [0.15, 0.2) is 0 Å². The van der Waals surface area contributed by atoms with Crippen molar-refractivity contribution in [3.05, 3.63) is 60.2 Å². The average molecular weight is 391 g/mol. The van der Waals surface area contributed by atoms with Crippen LogP contribution in [0.25, 0.3) is 0 Å². The molecule has 0 fully saturated rings. The second kappa shape index (κ2) is 9.97. The SMILES string of the molecule is CCOc1ccc(N(CCC(=O)NCCc2ccccc2)S(C)(=O)=O)cc1. The molecule has 0 unspecified atom stereocenters. The molecule has 6 nitrogen and oxygen atoms in total. The van der Waals surface area contributed by atoms with E-state index in [1.807, 2.05) is 37.3 Å². The van der Waals surface area contributed by atoms with E-state index in [1.165, 1.54) is 4.31 Å². The Bertz CT molecular complexity index is 821. The summed E-state index contributed by atoms with van der Waals surface area (Å²) in [5, 5.41) is 2.83. The van der Waals surface area contributed by atoms with E-state index in [9.17, 15) is 13.2 Å². The molecule has 0 spiro atoms. The van der Waals surface area contributed by atoms with Crippen molar-refractivity contribution in [1.82, 2.24) is 5.32 Å². The van der Waals surface area contributed by atoms with Gasteiger partial charge in [-0.25, -0.2) is 8.42 Å². The standard InChI is InChI=1S/C20H26N2O4S/c1-3-26-19-11-9-18(10-12-19)22(27(2,24)25)16-14-20(23)21-15-13-17-7-5-4-6-8-17/h4-12H,3,13-16H2,1-2H3,(H,21,23). The summed E-state index contributed by atoms with van der Waals surface area (Å²) >= 11 is 0. The molecule has 2 aromatic carbocycles. The number of carbonyl (C=O) groups excluding carboxylic acids is 1. The normalized spacial score (nSPS) is 11.0. The van der Waals surface area contributed by atoms with Gasteiger partial charge in [-0.1, -0.05) is 30.3 Å². The minimum atomic E-state index is -3.49. The summed E-state index contributed by atoms with van der Waals surface area (Å²) in [5.74, 6) is 0.499. The van der Waals surface area contributed by atoms with Gasteiger partial charge in [-0.2, -0.15) is 0 Å². The summed E-state index contributed by atoms with van der Waals surface area (Å²) in [6, 6.07) is 16.7. The zero-order valence-corrected chi connectivity index (χ0v) is 16.5. The molecule has 0 aromatic heterocycles. The third-order valence-electron chi connectivity index (χ3n) is 3.96. The summed E-state index contributed by atoms with van der Waals surface area (Å²) < 4.78 is 30.8. The number of carbonyl (C=O) groups is 1. The van der Waals surface area contributed by atoms with Crippen LogP contribution in [0.15, 0.2) is 54.6 Å². The maximum atomic E-state index is 12.1. The Morgan fingerprint density at radius 3 is 2.33 bits per heavy atom. The van der Waals surface area contributed by atoms with E-state index in [0.717, 1.165) is 18.2 Å². The number of rotatable bonds is 10. The molecule has 0 saturated carbocycles. The van der Waals surface area contributed by atoms with Crippen molar-refractivity contribution in [2.75, 3.05) is 30.3 Å². The van der Waals surface area contributed by atoms with E-state index in [0.29, 0.717) is 24.6 Å². The summed E-state index contributed by atoms with van der Waals surface area (Å²) in [6.45, 7) is 3.03. The molecule has 0 aliphatic rings. The molecule has 0 saturated heterocycles. The fraction of sp³-hybridized carbons (Fsp3) is 0.350. The molecule has 27 heavy (non-hydrogen) atoms. The predicted molar refractivity (Wildman–Crippen MR) is 108 cm³/mol. The van der Waals surface area contributed by atoms with Crippen molar-refractivity contribution in [3.8, 4) is 5.75 Å². The number of amides is 1. The van der Waals surface area contributed by atoms with Gasteiger partial charge in [0.05, 0.1) is 18.6 Å². The van der Waals surface area contributed by atoms with E-state index < -0.39 is 10.0 Å². The zero-order valence-electron chi connectivity index (χ0n) is 15.7. The lowest BCUT2D eigenvalue weighted by atomic mass is 10.1. The lowest BCUT2D eigenvalue weighted by molar-refractivity contribution is -0.120. The summed E-state index contributed by atoms with van der Waals surface area (Å²) in [5.41, 5.74) is 1.66. The summed E-state index contributed by atoms with van der Waals surface area (Å²) in [7, 11) is -3.49. The first-order valence-electron chi connectivity index (χ1n) is 8.91. The van der Waals surface area contributed by atoms with Crippen LogP contribution in [0.1, 0.15) is 18.9 Å². The first-order chi connectivity index (χ1) is 12.9. The van der Waals surface area contributed by atoms with Gasteiger partial charge in [-0.3, -0.25) is 9.10 Å². The highest BCUT2D eigenvalue weighted by atomic mass is 32.2. The third kappa shape index (κ3) is 6.94. The number of hydrogen-bond donors (Lipinski definition) is 1. The number of benzene rings is 2. The number of nitrogens with zero attached hydrogens (tertiary/aromatic N) is 1.